The molecule has 1 unspecified atom stereocenters. The van der Waals surface area contributed by atoms with Crippen molar-refractivity contribution in [2.45, 2.75) is 51.7 Å². The highest BCUT2D eigenvalue weighted by molar-refractivity contribution is 7.47. The molecule has 0 aliphatic rings. The van der Waals surface area contributed by atoms with E-state index in [2.05, 4.69) is 9.05 Å². The van der Waals surface area contributed by atoms with Crippen LogP contribution in [0.3, 0.4) is 0 Å². The summed E-state index contributed by atoms with van der Waals surface area (Å²) in [6.45, 7) is 1.40. The number of carbonyl (C=O) groups is 3. The van der Waals surface area contributed by atoms with Crippen LogP contribution < -0.4 is 5.73 Å². The molecule has 3 atom stereocenters. The number of nitrogens with two attached hydrogens (primary N) is 1. The number of carbonyl (C=O) groups excluding carboxylic acids is 2. The molecular formula is C14H26NO10P. The first kappa shape index (κ1) is 24.5. The summed E-state index contributed by atoms with van der Waals surface area (Å²) in [6.07, 6.45) is 1.39. The number of unbranched alkanes of at least 4 members (excludes halogenated alkanes) is 2. The van der Waals surface area contributed by atoms with E-state index in [0.717, 1.165) is 19.8 Å². The third-order valence-electron chi connectivity index (χ3n) is 2.91. The van der Waals surface area contributed by atoms with E-state index in [0.29, 0.717) is 6.42 Å². The number of hydrogen-bond donors (Lipinski definition) is 3. The Morgan fingerprint density at radius 3 is 2.27 bits per heavy atom. The summed E-state index contributed by atoms with van der Waals surface area (Å²) in [6, 6.07) is -1.51. The van der Waals surface area contributed by atoms with E-state index in [9.17, 15) is 23.8 Å². The van der Waals surface area contributed by atoms with Gasteiger partial charge in [0, 0.05) is 13.3 Å². The predicted molar refractivity (Wildman–Crippen MR) is 88.0 cm³/mol. The molecule has 26 heavy (non-hydrogen) atoms. The summed E-state index contributed by atoms with van der Waals surface area (Å²) >= 11 is 0. The quantitative estimate of drug-likeness (QED) is 0.212. The lowest BCUT2D eigenvalue weighted by Gasteiger charge is -2.20. The maximum Gasteiger partial charge on any atom is 0.472 e. The van der Waals surface area contributed by atoms with Crippen LogP contribution in [0.1, 0.15) is 39.5 Å². The standard InChI is InChI=1S/C14H26NO10P/c1-3-4-5-6-13(17)25-11(7-22-10(2)16)8-23-26(20,21)24-9-12(15)14(18)19/h11-12H,3-9,15H2,1-2H3,(H,18,19)(H,20,21)/t11-,12-/m0/s1. The first-order valence-electron chi connectivity index (χ1n) is 8.00. The van der Waals surface area contributed by atoms with Crippen LogP contribution >= 0.6 is 7.82 Å². The molecule has 0 heterocycles. The second-order valence-electron chi connectivity index (χ2n) is 5.38. The average Bonchev–Trinajstić information content (AvgIpc) is 2.55. The molecule has 0 aromatic carbocycles. The monoisotopic (exact) mass is 399 g/mol. The van der Waals surface area contributed by atoms with Crippen LogP contribution in [0.15, 0.2) is 0 Å². The number of carboxylic acid groups (broad SMARTS) is 1. The SMILES string of the molecule is CCCCCC(=O)O[C@@H](COC(C)=O)COP(=O)(O)OC[C@H](N)C(=O)O. The van der Waals surface area contributed by atoms with Crippen LogP contribution in [-0.4, -0.2) is 59.9 Å². The number of esters is 2. The number of aliphatic carboxylic acids is 1. The minimum atomic E-state index is -4.63. The molecule has 0 spiro atoms. The summed E-state index contributed by atoms with van der Waals surface area (Å²) in [5.74, 6) is -2.62. The van der Waals surface area contributed by atoms with E-state index >= 15 is 0 Å². The molecule has 4 N–H and O–H groups in total. The van der Waals surface area contributed by atoms with Gasteiger partial charge in [-0.3, -0.25) is 23.4 Å². The smallest absolute Gasteiger partial charge is 0.472 e. The van der Waals surface area contributed by atoms with Crippen molar-refractivity contribution >= 4 is 25.7 Å². The Bertz CT molecular complexity index is 512. The second-order valence-corrected chi connectivity index (χ2v) is 6.83. The molecule has 0 saturated carbocycles. The molecule has 12 heteroatoms. The molecule has 152 valence electrons. The molecular weight excluding hydrogens is 373 g/mol. The lowest BCUT2D eigenvalue weighted by molar-refractivity contribution is -0.160. The van der Waals surface area contributed by atoms with Crippen LogP contribution in [0, 0.1) is 0 Å². The number of phosphoric ester groups is 1. The van der Waals surface area contributed by atoms with Crippen molar-refractivity contribution in [2.24, 2.45) is 5.73 Å². The number of rotatable bonds is 14. The first-order chi connectivity index (χ1) is 12.1. The zero-order valence-corrected chi connectivity index (χ0v) is 15.7. The molecule has 0 aliphatic carbocycles. The molecule has 11 nitrogen and oxygen atoms in total. The van der Waals surface area contributed by atoms with Gasteiger partial charge < -0.3 is 25.2 Å². The highest BCUT2D eigenvalue weighted by Crippen LogP contribution is 2.43. The van der Waals surface area contributed by atoms with Crippen LogP contribution in [-0.2, 0) is 37.5 Å². The highest BCUT2D eigenvalue weighted by Gasteiger charge is 2.27. The van der Waals surface area contributed by atoms with Crippen LogP contribution in [0.25, 0.3) is 0 Å². The van der Waals surface area contributed by atoms with E-state index < -0.39 is 51.1 Å². The van der Waals surface area contributed by atoms with Gasteiger partial charge in [0.15, 0.2) is 6.10 Å². The van der Waals surface area contributed by atoms with Gasteiger partial charge in [-0.15, -0.1) is 0 Å². The van der Waals surface area contributed by atoms with Gasteiger partial charge in [-0.25, -0.2) is 4.57 Å². The van der Waals surface area contributed by atoms with Crippen LogP contribution in [0.4, 0.5) is 0 Å². The molecule has 0 bridgehead atoms. The number of phosphoric acid groups is 1. The number of ether oxygens (including phenoxy) is 2. The zero-order chi connectivity index (χ0) is 20.2. The Kier molecular flexibility index (Phi) is 12.0. The fourth-order valence-corrected chi connectivity index (χ4v) is 2.33. The summed E-state index contributed by atoms with van der Waals surface area (Å²) in [4.78, 5) is 42.6. The number of carboxylic acids is 1. The normalized spacial score (nSPS) is 15.5. The van der Waals surface area contributed by atoms with Gasteiger partial charge in [-0.05, 0) is 6.42 Å². The summed E-state index contributed by atoms with van der Waals surface area (Å²) in [7, 11) is -4.63. The third kappa shape index (κ3) is 12.8. The van der Waals surface area contributed by atoms with Crippen molar-refractivity contribution in [1.29, 1.82) is 0 Å². The largest absolute Gasteiger partial charge is 0.480 e. The maximum absolute atomic E-state index is 11.7. The van der Waals surface area contributed by atoms with Crippen molar-refractivity contribution in [2.75, 3.05) is 19.8 Å². The molecule has 0 rings (SSSR count). The van der Waals surface area contributed by atoms with E-state index in [1.807, 2.05) is 6.92 Å². The lowest BCUT2D eigenvalue weighted by atomic mass is 10.2. The molecule has 0 amide bonds. The minimum Gasteiger partial charge on any atom is -0.480 e. The molecule has 0 aromatic heterocycles. The Morgan fingerprint density at radius 2 is 1.73 bits per heavy atom. The van der Waals surface area contributed by atoms with Gasteiger partial charge in [0.25, 0.3) is 0 Å². The van der Waals surface area contributed by atoms with Crippen molar-refractivity contribution in [3.63, 3.8) is 0 Å². The first-order valence-corrected chi connectivity index (χ1v) is 9.50. The van der Waals surface area contributed by atoms with E-state index in [-0.39, 0.29) is 13.0 Å². The van der Waals surface area contributed by atoms with Gasteiger partial charge in [0.2, 0.25) is 0 Å². The summed E-state index contributed by atoms with van der Waals surface area (Å²) in [5, 5.41) is 8.58. The van der Waals surface area contributed by atoms with Crippen molar-refractivity contribution < 1.29 is 47.5 Å². The highest BCUT2D eigenvalue weighted by atomic mass is 31.2. The van der Waals surface area contributed by atoms with Crippen LogP contribution in [0.2, 0.25) is 0 Å². The molecule has 0 saturated heterocycles. The second kappa shape index (κ2) is 12.8. The van der Waals surface area contributed by atoms with Gasteiger partial charge in [-0.1, -0.05) is 19.8 Å². The van der Waals surface area contributed by atoms with E-state index in [1.165, 1.54) is 0 Å². The van der Waals surface area contributed by atoms with Gasteiger partial charge in [0.1, 0.15) is 12.6 Å². The van der Waals surface area contributed by atoms with E-state index in [4.69, 9.17) is 20.3 Å². The minimum absolute atomic E-state index is 0.144. The average molecular weight is 399 g/mol. The lowest BCUT2D eigenvalue weighted by Crippen LogP contribution is -2.34. The fourth-order valence-electron chi connectivity index (χ4n) is 1.55. The topological polar surface area (TPSA) is 172 Å². The van der Waals surface area contributed by atoms with Gasteiger partial charge in [-0.2, -0.15) is 0 Å². The van der Waals surface area contributed by atoms with Crippen LogP contribution in [0.5, 0.6) is 0 Å². The van der Waals surface area contributed by atoms with Crippen molar-refractivity contribution in [1.82, 2.24) is 0 Å². The Labute approximate surface area is 151 Å². The Hall–Kier alpha value is -1.52. The maximum atomic E-state index is 11.7. The Morgan fingerprint density at radius 1 is 1.12 bits per heavy atom. The van der Waals surface area contributed by atoms with Gasteiger partial charge in [0.05, 0.1) is 13.2 Å². The summed E-state index contributed by atoms with van der Waals surface area (Å²) < 4.78 is 30.6. The predicted octanol–water partition coefficient (Wildman–Crippen LogP) is 0.587. The fraction of sp³-hybridized carbons (Fsp3) is 0.786. The van der Waals surface area contributed by atoms with Crippen molar-refractivity contribution in [3.05, 3.63) is 0 Å². The Balaban J connectivity index is 4.55. The third-order valence-corrected chi connectivity index (χ3v) is 3.86. The van der Waals surface area contributed by atoms with E-state index in [1.54, 1.807) is 0 Å². The summed E-state index contributed by atoms with van der Waals surface area (Å²) in [5.41, 5.74) is 5.15. The van der Waals surface area contributed by atoms with Crippen molar-refractivity contribution in [3.8, 4) is 0 Å². The van der Waals surface area contributed by atoms with Gasteiger partial charge >= 0.3 is 25.7 Å². The molecule has 0 aliphatic heterocycles. The zero-order valence-electron chi connectivity index (χ0n) is 14.8. The number of hydrogen-bond acceptors (Lipinski definition) is 9. The molecule has 0 aromatic rings. The molecule has 0 radical (unpaired) electrons. The molecule has 0 fully saturated rings.